The van der Waals surface area contributed by atoms with Crippen molar-refractivity contribution in [2.75, 3.05) is 0 Å². The molecule has 0 bridgehead atoms. The number of hydrogen-bond donors (Lipinski definition) is 0. The zero-order chi connectivity index (χ0) is 51.8. The van der Waals surface area contributed by atoms with Crippen LogP contribution in [0.5, 0.6) is 0 Å². The lowest BCUT2D eigenvalue weighted by Gasteiger charge is -2.34. The molecule has 0 amide bonds. The summed E-state index contributed by atoms with van der Waals surface area (Å²) in [6.07, 6.45) is 0. The van der Waals surface area contributed by atoms with E-state index in [4.69, 9.17) is 212 Å². The number of rotatable bonds is 3. The van der Waals surface area contributed by atoms with Gasteiger partial charge < -0.3 is 0 Å². The molecular weight excluding hydrogens is 808 g/mol. The Hall–Kier alpha value is -3.71. The highest BCUT2D eigenvalue weighted by Gasteiger charge is 2.34. The van der Waals surface area contributed by atoms with E-state index in [0.717, 1.165) is 0 Å². The molecule has 1 unspecified atom stereocenters. The Balaban J connectivity index is 1.61. The van der Waals surface area contributed by atoms with Crippen molar-refractivity contribution in [1.29, 1.82) is 0 Å². The average Bonchev–Trinajstić information content (AvgIpc) is 3.59. The lowest BCUT2D eigenvalue weighted by molar-refractivity contribution is 1.25. The van der Waals surface area contributed by atoms with Crippen LogP contribution in [0.2, 0.25) is 0 Å². The van der Waals surface area contributed by atoms with Gasteiger partial charge in [-0.1, -0.05) is 76.5 Å². The Labute approximate surface area is 443 Å². The fourth-order valence-electron chi connectivity index (χ4n) is 10.3. The molecule has 70 heavy (non-hydrogen) atoms. The van der Waals surface area contributed by atoms with Crippen molar-refractivity contribution in [3.05, 3.63) is 16.0 Å². The third-order valence-corrected chi connectivity index (χ3v) is 14.0. The first kappa shape index (κ1) is 51.2. The lowest BCUT2D eigenvalue weighted by Crippen LogP contribution is -2.60. The molecule has 0 N–H and O–H groups in total. The second kappa shape index (κ2) is 17.2. The van der Waals surface area contributed by atoms with Crippen LogP contribution in [-0.2, 0) is 0 Å². The highest BCUT2D eigenvalue weighted by atomic mass is 14.3. The SMILES string of the molecule is [B]C1=c2c([B])c([B])c(-c3c([B])c([B])c([B])c([B])c3[B])c([B])c2=C([B])C1c1c2c([B])c([B])c([B])c([B])c2c(-c2c([B])c3c([B])c([B])c([B])c([B])c3c3c([B])c([B])c([B])c([B])c23)c2c([B])c([B])c([B])c([B])c12. The first-order chi connectivity index (χ1) is 32.6. The fraction of sp³-hybridized carbons (Fsp3) is 0.0233. The zero-order valence-corrected chi connectivity index (χ0v) is 37.2. The summed E-state index contributed by atoms with van der Waals surface area (Å²) in [6.45, 7) is 0. The van der Waals surface area contributed by atoms with E-state index in [0.29, 0.717) is 0 Å². The Bertz CT molecular complexity index is 3920. The molecule has 0 saturated heterocycles. The molecule has 0 heterocycles. The smallest absolute Gasteiger partial charge is 0.112 e. The minimum Gasteiger partial charge on any atom is -0.112 e. The molecule has 1 aliphatic rings. The van der Waals surface area contributed by atoms with E-state index >= 15 is 0 Å². The molecule has 27 heteroatoms. The molecule has 0 aromatic heterocycles. The van der Waals surface area contributed by atoms with Gasteiger partial charge in [0.2, 0.25) is 0 Å². The van der Waals surface area contributed by atoms with Crippen molar-refractivity contribution >= 4 is 402 Å². The van der Waals surface area contributed by atoms with Gasteiger partial charge in [-0.2, -0.15) is 0 Å². The van der Waals surface area contributed by atoms with Crippen LogP contribution in [0.4, 0.5) is 0 Å². The molecule has 0 nitrogen and oxygen atoms in total. The van der Waals surface area contributed by atoms with Gasteiger partial charge in [-0.05, 0) is 81.3 Å². The molecular formula is C43HB27. The number of benzene rings is 8. The monoisotopic (exact) mass is 814 g/mol. The van der Waals surface area contributed by atoms with E-state index in [2.05, 4.69) is 0 Å². The zero-order valence-electron chi connectivity index (χ0n) is 37.2. The summed E-state index contributed by atoms with van der Waals surface area (Å²) in [5, 5.41) is 0.653. The molecule has 1 aliphatic carbocycles. The van der Waals surface area contributed by atoms with Gasteiger partial charge in [0.25, 0.3) is 0 Å². The van der Waals surface area contributed by atoms with Crippen molar-refractivity contribution < 1.29 is 0 Å². The summed E-state index contributed by atoms with van der Waals surface area (Å²) < 4.78 is 0. The molecule has 1 atom stereocenters. The third kappa shape index (κ3) is 6.42. The van der Waals surface area contributed by atoms with E-state index in [1.54, 1.807) is 0 Å². The van der Waals surface area contributed by atoms with Gasteiger partial charge in [0.15, 0.2) is 0 Å². The topological polar surface area (TPSA) is 0 Å². The maximum atomic E-state index is 7.34. The number of fused-ring (bicyclic) bond motifs is 6. The summed E-state index contributed by atoms with van der Waals surface area (Å²) in [5.74, 6) is -1.32. The van der Waals surface area contributed by atoms with Gasteiger partial charge in [-0.25, -0.2) is 0 Å². The highest BCUT2D eigenvalue weighted by molar-refractivity contribution is 6.77. The Morgan fingerprint density at radius 2 is 0.400 bits per heavy atom. The van der Waals surface area contributed by atoms with E-state index in [-0.39, 0.29) is 229 Å². The summed E-state index contributed by atoms with van der Waals surface area (Å²) >= 11 is 0. The first-order valence-corrected chi connectivity index (χ1v) is 20.7. The maximum absolute atomic E-state index is 7.34. The van der Waals surface area contributed by atoms with Crippen LogP contribution in [0.3, 0.4) is 0 Å². The van der Waals surface area contributed by atoms with Gasteiger partial charge in [-0.3, -0.25) is 0 Å². The largest absolute Gasteiger partial charge is 0.115 e. The van der Waals surface area contributed by atoms with Gasteiger partial charge in [0.1, 0.15) is 212 Å². The summed E-state index contributed by atoms with van der Waals surface area (Å²) in [7, 11) is 183. The van der Waals surface area contributed by atoms with Crippen LogP contribution in [-0.4, -0.2) is 212 Å². The van der Waals surface area contributed by atoms with Gasteiger partial charge in [0.05, 0.1) is 0 Å². The Morgan fingerprint density at radius 1 is 0.157 bits per heavy atom. The quantitative estimate of drug-likeness (QED) is 0.0947. The molecule has 0 saturated carbocycles. The van der Waals surface area contributed by atoms with Crippen LogP contribution < -0.4 is 147 Å². The van der Waals surface area contributed by atoms with Crippen molar-refractivity contribution in [3.63, 3.8) is 0 Å². The van der Waals surface area contributed by atoms with E-state index in [1.165, 1.54) is 0 Å². The van der Waals surface area contributed by atoms with Crippen molar-refractivity contribution in [2.45, 2.75) is 5.92 Å². The predicted octanol–water partition coefficient (Wildman–Crippen LogP) is -21.2. The van der Waals surface area contributed by atoms with E-state index < -0.39 is 5.92 Å². The van der Waals surface area contributed by atoms with Crippen molar-refractivity contribution in [3.8, 4) is 22.3 Å². The molecule has 0 fully saturated rings. The van der Waals surface area contributed by atoms with Crippen LogP contribution in [0.15, 0.2) is 0 Å². The minimum absolute atomic E-state index is 0.00695. The molecule has 9 rings (SSSR count). The van der Waals surface area contributed by atoms with Gasteiger partial charge in [-0.15, -0.1) is 71.0 Å². The summed E-state index contributed by atoms with van der Waals surface area (Å²) in [6, 6.07) is 0. The van der Waals surface area contributed by atoms with Crippen LogP contribution in [0.25, 0.3) is 76.3 Å². The second-order valence-corrected chi connectivity index (χ2v) is 17.3. The van der Waals surface area contributed by atoms with Crippen LogP contribution in [0, 0.1) is 0 Å². The Kier molecular flexibility index (Phi) is 12.6. The molecule has 8 aromatic rings. The summed E-state index contributed by atoms with van der Waals surface area (Å²) in [5.41, 5.74) is -3.10. The van der Waals surface area contributed by atoms with Crippen LogP contribution >= 0.6 is 0 Å². The van der Waals surface area contributed by atoms with Crippen molar-refractivity contribution in [2.24, 2.45) is 0 Å². The maximum Gasteiger partial charge on any atom is 0.115 e. The predicted molar refractivity (Wildman–Crippen MR) is 329 cm³/mol. The lowest BCUT2D eigenvalue weighted by atomic mass is 9.56. The van der Waals surface area contributed by atoms with Crippen molar-refractivity contribution in [1.82, 2.24) is 0 Å². The molecule has 54 radical (unpaired) electrons. The molecule has 8 aromatic carbocycles. The average molecular weight is 809 g/mol. The standard InChI is InChI=1S/C43HB27/c44-17-3(8-9(26(53)38(65)37(64)25(8)52)10-12(17)30(57)40(67)39(66)27(10)54)1-4-6(23(50)35(62)33(60)21(4)48)2(7-5(1)22(49)34(61)36(63)24(7)51)11-18(45)13-14(19(11)46)28(55)29(56)15(20(13)47)16-31(58)41(68)43(70)42(69)32(16)59/h11H. The Morgan fingerprint density at radius 3 is 0.786 bits per heavy atom. The molecule has 0 spiro atoms. The number of hydrogen-bond acceptors (Lipinski definition) is 0. The fourth-order valence-corrected chi connectivity index (χ4v) is 10.3. The van der Waals surface area contributed by atoms with Gasteiger partial charge >= 0.3 is 0 Å². The summed E-state index contributed by atoms with van der Waals surface area (Å²) in [4.78, 5) is 0. The first-order valence-electron chi connectivity index (χ1n) is 20.7. The van der Waals surface area contributed by atoms with E-state index in [9.17, 15) is 0 Å². The van der Waals surface area contributed by atoms with E-state index in [1.807, 2.05) is 0 Å². The highest BCUT2D eigenvalue weighted by Crippen LogP contribution is 2.44. The molecule has 0 aliphatic heterocycles. The molecule has 254 valence electrons. The second-order valence-electron chi connectivity index (χ2n) is 17.3. The van der Waals surface area contributed by atoms with Crippen LogP contribution in [0.1, 0.15) is 11.5 Å². The van der Waals surface area contributed by atoms with Gasteiger partial charge in [0, 0.05) is 5.92 Å². The normalized spacial score (nSPS) is 13.6. The third-order valence-electron chi connectivity index (χ3n) is 14.0. The minimum atomic E-state index is -1.32.